The summed E-state index contributed by atoms with van der Waals surface area (Å²) in [4.78, 5) is 1.32. The molecular formula is C18H19NO2S. The van der Waals surface area contributed by atoms with E-state index in [1.807, 2.05) is 12.1 Å². The molecule has 1 saturated carbocycles. The molecule has 0 bridgehead atoms. The second-order valence-corrected chi connectivity index (χ2v) is 6.60. The number of hydrogen-bond acceptors (Lipinski definition) is 4. The van der Waals surface area contributed by atoms with Crippen LogP contribution in [-0.4, -0.2) is 13.7 Å². The highest BCUT2D eigenvalue weighted by Gasteiger charge is 2.27. The standard InChI is InChI=1S/C18H19NO2S/c1-20-18(12-5-4-6-12)19-11-16-14-9-10-22-17(14)13-7-2-3-8-15(13)21-16/h2-3,7-10,16,19H,4-6,11H2,1H3. The third-order valence-electron chi connectivity index (χ3n) is 4.37. The van der Waals surface area contributed by atoms with Gasteiger partial charge in [0.1, 0.15) is 11.9 Å². The van der Waals surface area contributed by atoms with Crippen LogP contribution < -0.4 is 10.1 Å². The van der Waals surface area contributed by atoms with E-state index in [9.17, 15) is 0 Å². The van der Waals surface area contributed by atoms with Crippen LogP contribution in [0, 0.1) is 0 Å². The fourth-order valence-electron chi connectivity index (χ4n) is 3.02. The number of para-hydroxylation sites is 1. The molecule has 0 radical (unpaired) electrons. The van der Waals surface area contributed by atoms with Crippen molar-refractivity contribution in [3.8, 4) is 16.2 Å². The van der Waals surface area contributed by atoms with Crippen molar-refractivity contribution in [2.75, 3.05) is 13.7 Å². The first-order valence-electron chi connectivity index (χ1n) is 7.70. The molecule has 0 saturated heterocycles. The van der Waals surface area contributed by atoms with E-state index >= 15 is 0 Å². The Balaban J connectivity index is 1.57. The summed E-state index contributed by atoms with van der Waals surface area (Å²) in [6.45, 7) is 0.727. The summed E-state index contributed by atoms with van der Waals surface area (Å²) >= 11 is 1.78. The van der Waals surface area contributed by atoms with E-state index in [-0.39, 0.29) is 6.10 Å². The van der Waals surface area contributed by atoms with Crippen molar-refractivity contribution in [3.05, 3.63) is 52.7 Å². The van der Waals surface area contributed by atoms with Crippen LogP contribution in [0.4, 0.5) is 0 Å². The Kier molecular flexibility index (Phi) is 3.54. The zero-order valence-electron chi connectivity index (χ0n) is 12.6. The van der Waals surface area contributed by atoms with Crippen molar-refractivity contribution < 1.29 is 9.47 Å². The lowest BCUT2D eigenvalue weighted by atomic mass is 9.93. The molecule has 22 heavy (non-hydrogen) atoms. The zero-order valence-corrected chi connectivity index (χ0v) is 13.4. The van der Waals surface area contributed by atoms with Gasteiger partial charge in [0.25, 0.3) is 0 Å². The minimum atomic E-state index is 0.0296. The maximum absolute atomic E-state index is 6.21. The number of ether oxygens (including phenoxy) is 2. The third-order valence-corrected chi connectivity index (χ3v) is 5.34. The van der Waals surface area contributed by atoms with Crippen molar-refractivity contribution in [1.82, 2.24) is 5.32 Å². The quantitative estimate of drug-likeness (QED) is 0.844. The van der Waals surface area contributed by atoms with Gasteiger partial charge < -0.3 is 14.8 Å². The topological polar surface area (TPSA) is 30.5 Å². The van der Waals surface area contributed by atoms with Gasteiger partial charge in [-0.2, -0.15) is 0 Å². The molecule has 1 fully saturated rings. The summed E-state index contributed by atoms with van der Waals surface area (Å²) in [5, 5.41) is 5.58. The predicted molar refractivity (Wildman–Crippen MR) is 89.0 cm³/mol. The number of methoxy groups -OCH3 is 1. The lowest BCUT2D eigenvalue weighted by molar-refractivity contribution is 0.181. The van der Waals surface area contributed by atoms with Crippen molar-refractivity contribution in [2.45, 2.75) is 25.4 Å². The lowest BCUT2D eigenvalue weighted by Crippen LogP contribution is -2.28. The van der Waals surface area contributed by atoms with Crippen LogP contribution in [0.25, 0.3) is 10.4 Å². The predicted octanol–water partition coefficient (Wildman–Crippen LogP) is 4.48. The normalized spacial score (nSPS) is 18.6. The maximum Gasteiger partial charge on any atom is 0.185 e. The molecule has 4 heteroatoms. The minimum absolute atomic E-state index is 0.0296. The highest BCUT2D eigenvalue weighted by molar-refractivity contribution is 7.13. The molecule has 1 aliphatic carbocycles. The van der Waals surface area contributed by atoms with E-state index in [0.717, 1.165) is 31.0 Å². The summed E-state index contributed by atoms with van der Waals surface area (Å²) < 4.78 is 11.7. The molecule has 0 amide bonds. The average molecular weight is 313 g/mol. The molecule has 2 aromatic rings. The van der Waals surface area contributed by atoms with E-state index in [1.165, 1.54) is 28.0 Å². The van der Waals surface area contributed by atoms with Gasteiger partial charge in [0.15, 0.2) is 5.88 Å². The number of hydrogen-bond donors (Lipinski definition) is 1. The van der Waals surface area contributed by atoms with Gasteiger partial charge in [0.05, 0.1) is 13.7 Å². The number of fused-ring (bicyclic) bond motifs is 3. The molecule has 3 nitrogen and oxygen atoms in total. The van der Waals surface area contributed by atoms with Crippen molar-refractivity contribution in [2.24, 2.45) is 0 Å². The first kappa shape index (κ1) is 13.7. The van der Waals surface area contributed by atoms with Crippen LogP contribution in [0.3, 0.4) is 0 Å². The monoisotopic (exact) mass is 313 g/mol. The van der Waals surface area contributed by atoms with Gasteiger partial charge in [-0.1, -0.05) is 12.1 Å². The molecule has 2 aliphatic rings. The van der Waals surface area contributed by atoms with Crippen molar-refractivity contribution >= 4 is 11.3 Å². The van der Waals surface area contributed by atoms with Gasteiger partial charge in [-0.25, -0.2) is 0 Å². The first-order valence-corrected chi connectivity index (χ1v) is 8.58. The highest BCUT2D eigenvalue weighted by Crippen LogP contribution is 2.45. The summed E-state index contributed by atoms with van der Waals surface area (Å²) in [7, 11) is 1.74. The molecule has 2 heterocycles. The molecule has 1 atom stereocenters. The van der Waals surface area contributed by atoms with E-state index in [2.05, 4.69) is 28.9 Å². The highest BCUT2D eigenvalue weighted by atomic mass is 32.1. The zero-order chi connectivity index (χ0) is 14.9. The van der Waals surface area contributed by atoms with E-state index < -0.39 is 0 Å². The SMILES string of the molecule is COC(NCC1Oc2ccccc2-c2sccc21)=C1CCC1. The van der Waals surface area contributed by atoms with Crippen LogP contribution in [0.1, 0.15) is 30.9 Å². The van der Waals surface area contributed by atoms with E-state index in [4.69, 9.17) is 9.47 Å². The summed E-state index contributed by atoms with van der Waals surface area (Å²) in [6, 6.07) is 10.4. The summed E-state index contributed by atoms with van der Waals surface area (Å²) in [6.07, 6.45) is 3.59. The molecule has 1 unspecified atom stereocenters. The second-order valence-electron chi connectivity index (χ2n) is 5.68. The smallest absolute Gasteiger partial charge is 0.185 e. The number of rotatable bonds is 4. The third kappa shape index (κ3) is 2.28. The van der Waals surface area contributed by atoms with E-state index in [0.29, 0.717) is 0 Å². The Hall–Kier alpha value is -1.94. The summed E-state index contributed by atoms with van der Waals surface area (Å²) in [5.74, 6) is 1.91. The Morgan fingerprint density at radius 2 is 2.18 bits per heavy atom. The van der Waals surface area contributed by atoms with Crippen LogP contribution in [0.15, 0.2) is 47.2 Å². The molecule has 4 rings (SSSR count). The number of benzene rings is 1. The molecule has 1 aromatic heterocycles. The Morgan fingerprint density at radius 1 is 1.32 bits per heavy atom. The van der Waals surface area contributed by atoms with Gasteiger partial charge in [0, 0.05) is 16.0 Å². The average Bonchev–Trinajstić information content (AvgIpc) is 2.99. The van der Waals surface area contributed by atoms with Gasteiger partial charge in [0.2, 0.25) is 0 Å². The van der Waals surface area contributed by atoms with Gasteiger partial charge in [-0.05, 0) is 48.4 Å². The fraction of sp³-hybridized carbons (Fsp3) is 0.333. The van der Waals surface area contributed by atoms with E-state index in [1.54, 1.807) is 18.4 Å². The number of allylic oxidation sites excluding steroid dienone is 1. The van der Waals surface area contributed by atoms with Crippen LogP contribution >= 0.6 is 11.3 Å². The van der Waals surface area contributed by atoms with Crippen molar-refractivity contribution in [1.29, 1.82) is 0 Å². The minimum Gasteiger partial charge on any atom is -0.483 e. The molecule has 1 aliphatic heterocycles. The number of thiophene rings is 1. The lowest BCUT2D eigenvalue weighted by Gasteiger charge is -2.28. The fourth-order valence-corrected chi connectivity index (χ4v) is 4.01. The Labute approximate surface area is 134 Å². The van der Waals surface area contributed by atoms with Gasteiger partial charge >= 0.3 is 0 Å². The van der Waals surface area contributed by atoms with Crippen LogP contribution in [0.2, 0.25) is 0 Å². The molecular weight excluding hydrogens is 294 g/mol. The van der Waals surface area contributed by atoms with Crippen LogP contribution in [-0.2, 0) is 4.74 Å². The first-order chi connectivity index (χ1) is 10.9. The largest absolute Gasteiger partial charge is 0.483 e. The Morgan fingerprint density at radius 3 is 2.95 bits per heavy atom. The van der Waals surface area contributed by atoms with Crippen LogP contribution in [0.5, 0.6) is 5.75 Å². The van der Waals surface area contributed by atoms with Crippen molar-refractivity contribution in [3.63, 3.8) is 0 Å². The number of nitrogens with one attached hydrogen (secondary N) is 1. The van der Waals surface area contributed by atoms with Gasteiger partial charge in [-0.3, -0.25) is 0 Å². The molecule has 0 spiro atoms. The maximum atomic E-state index is 6.21. The van der Waals surface area contributed by atoms with Gasteiger partial charge in [-0.15, -0.1) is 11.3 Å². The molecule has 1 aromatic carbocycles. The second kappa shape index (κ2) is 5.69. The summed E-state index contributed by atoms with van der Waals surface area (Å²) in [5.41, 5.74) is 3.86. The molecule has 1 N–H and O–H groups in total. The molecule has 114 valence electrons. The Bertz CT molecular complexity index is 713.